The first kappa shape index (κ1) is 35.7. The molecular formula is C40H59N3O4. The summed E-state index contributed by atoms with van der Waals surface area (Å²) in [7, 11) is 0. The van der Waals surface area contributed by atoms with Crippen LogP contribution in [0.4, 0.5) is 0 Å². The Morgan fingerprint density at radius 3 is 1.51 bits per heavy atom. The largest absolute Gasteiger partial charge is 0.375 e. The fourth-order valence-corrected chi connectivity index (χ4v) is 7.48. The molecule has 0 aliphatic carbocycles. The number of carbonyl (C=O) groups excluding carboxylic acids is 2. The molecule has 1 aromatic heterocycles. The maximum Gasteiger partial charge on any atom is 0.171 e. The van der Waals surface area contributed by atoms with Crippen LogP contribution >= 0.6 is 0 Å². The van der Waals surface area contributed by atoms with E-state index in [4.69, 9.17) is 9.47 Å². The second-order valence-electron chi connectivity index (χ2n) is 15.0. The minimum absolute atomic E-state index is 0.0824. The summed E-state index contributed by atoms with van der Waals surface area (Å²) in [6, 6.07) is 12.3. The molecule has 0 bridgehead atoms. The molecule has 3 aromatic rings. The van der Waals surface area contributed by atoms with Crippen LogP contribution < -0.4 is 10.6 Å². The summed E-state index contributed by atoms with van der Waals surface area (Å²) in [5.74, 6) is 0.165. The summed E-state index contributed by atoms with van der Waals surface area (Å²) in [5.41, 5.74) is 2.26. The van der Waals surface area contributed by atoms with Gasteiger partial charge in [0.1, 0.15) is 0 Å². The number of benzene rings is 2. The molecule has 258 valence electrons. The Labute approximate surface area is 282 Å². The van der Waals surface area contributed by atoms with E-state index in [1.165, 1.54) is 57.8 Å². The molecule has 2 fully saturated rings. The van der Waals surface area contributed by atoms with Gasteiger partial charge >= 0.3 is 0 Å². The van der Waals surface area contributed by atoms with Gasteiger partial charge in [-0.2, -0.15) is 0 Å². The first-order valence-corrected chi connectivity index (χ1v) is 18.5. The molecule has 2 saturated heterocycles. The Kier molecular flexibility index (Phi) is 12.3. The van der Waals surface area contributed by atoms with Crippen LogP contribution in [-0.2, 0) is 16.0 Å². The fourth-order valence-electron chi connectivity index (χ4n) is 7.48. The standard InChI is InChI=1S/C40H59N3O4/c1-6-7-8-9-10-11-12-13-14-15-22-43-33-18-16-29(37(44)39(2,3)35-27-41-20-23-46-35)25-31(33)32-26-30(17-19-34(32)43)38(45)40(4,5)36-28-42-21-24-47-36/h16-19,25-26,35-36,41-42H,6-15,20-24,27-28H2,1-5H3. The van der Waals surface area contributed by atoms with Gasteiger partial charge in [-0.05, 0) is 70.5 Å². The zero-order valence-electron chi connectivity index (χ0n) is 29.7. The number of carbonyl (C=O) groups is 2. The monoisotopic (exact) mass is 645 g/mol. The SMILES string of the molecule is CCCCCCCCCCCCn1c2ccc(C(=O)C(C)(C)C3CNCCO3)cc2c2cc(C(=O)C(C)(C)C3CNCCO3)ccc21. The van der Waals surface area contributed by atoms with Crippen molar-refractivity contribution in [2.45, 2.75) is 118 Å². The summed E-state index contributed by atoms with van der Waals surface area (Å²) < 4.78 is 14.5. The van der Waals surface area contributed by atoms with Crippen LogP contribution in [0.5, 0.6) is 0 Å². The quantitative estimate of drug-likeness (QED) is 0.114. The molecule has 3 heterocycles. The van der Waals surface area contributed by atoms with E-state index in [1.54, 1.807) is 0 Å². The van der Waals surface area contributed by atoms with Gasteiger partial charge in [-0.15, -0.1) is 0 Å². The number of aryl methyl sites for hydroxylation is 1. The zero-order valence-corrected chi connectivity index (χ0v) is 29.7. The Morgan fingerprint density at radius 2 is 1.11 bits per heavy atom. The van der Waals surface area contributed by atoms with Crippen LogP contribution in [0.1, 0.15) is 120 Å². The molecule has 2 unspecified atom stereocenters. The highest BCUT2D eigenvalue weighted by molar-refractivity contribution is 6.14. The molecule has 0 saturated carbocycles. The number of hydrogen-bond acceptors (Lipinski definition) is 6. The molecule has 0 radical (unpaired) electrons. The second kappa shape index (κ2) is 16.2. The van der Waals surface area contributed by atoms with Crippen molar-refractivity contribution < 1.29 is 19.1 Å². The summed E-state index contributed by atoms with van der Waals surface area (Å²) in [5, 5.41) is 8.81. The topological polar surface area (TPSA) is 81.6 Å². The third kappa shape index (κ3) is 8.18. The maximum absolute atomic E-state index is 14.0. The Bertz CT molecular complexity index is 1390. The number of nitrogens with zero attached hydrogens (tertiary/aromatic N) is 1. The smallest absolute Gasteiger partial charge is 0.171 e. The van der Waals surface area contributed by atoms with Gasteiger partial charge in [-0.3, -0.25) is 9.59 Å². The summed E-state index contributed by atoms with van der Waals surface area (Å²) in [6.07, 6.45) is 12.6. The lowest BCUT2D eigenvalue weighted by Gasteiger charge is -2.36. The van der Waals surface area contributed by atoms with Crippen LogP contribution in [-0.4, -0.2) is 67.7 Å². The van der Waals surface area contributed by atoms with Gasteiger partial charge in [0.15, 0.2) is 11.6 Å². The number of hydrogen-bond donors (Lipinski definition) is 2. The minimum Gasteiger partial charge on any atom is -0.375 e. The molecule has 47 heavy (non-hydrogen) atoms. The summed E-state index contributed by atoms with van der Waals surface area (Å²) in [6.45, 7) is 15.3. The molecule has 0 spiro atoms. The highest BCUT2D eigenvalue weighted by atomic mass is 16.5. The van der Waals surface area contributed by atoms with E-state index in [2.05, 4.69) is 46.4 Å². The van der Waals surface area contributed by atoms with Gasteiger partial charge < -0.3 is 24.7 Å². The fraction of sp³-hybridized carbons (Fsp3) is 0.650. The number of fused-ring (bicyclic) bond motifs is 3. The molecule has 2 aromatic carbocycles. The van der Waals surface area contributed by atoms with E-state index in [-0.39, 0.29) is 23.8 Å². The van der Waals surface area contributed by atoms with Crippen LogP contribution in [0.3, 0.4) is 0 Å². The average molecular weight is 646 g/mol. The predicted molar refractivity (Wildman–Crippen MR) is 193 cm³/mol. The van der Waals surface area contributed by atoms with E-state index in [9.17, 15) is 9.59 Å². The second-order valence-corrected chi connectivity index (χ2v) is 15.0. The number of ketones is 2. The molecule has 2 atom stereocenters. The average Bonchev–Trinajstić information content (AvgIpc) is 3.41. The molecule has 2 aliphatic heterocycles. The molecule has 2 aliphatic rings. The van der Waals surface area contributed by atoms with Crippen molar-refractivity contribution in [3.63, 3.8) is 0 Å². The van der Waals surface area contributed by atoms with Crippen molar-refractivity contribution in [3.8, 4) is 0 Å². The zero-order chi connectivity index (χ0) is 33.4. The van der Waals surface area contributed by atoms with E-state index in [1.807, 2.05) is 39.8 Å². The van der Waals surface area contributed by atoms with Crippen molar-refractivity contribution in [1.82, 2.24) is 15.2 Å². The number of rotatable bonds is 17. The normalized spacial score (nSPS) is 19.4. The number of Topliss-reactive ketones (excluding diaryl/α,β-unsaturated/α-hetero) is 2. The van der Waals surface area contributed by atoms with E-state index < -0.39 is 10.8 Å². The molecule has 2 N–H and O–H groups in total. The lowest BCUT2D eigenvalue weighted by molar-refractivity contribution is -0.0325. The Balaban J connectivity index is 1.41. The maximum atomic E-state index is 14.0. The van der Waals surface area contributed by atoms with Crippen LogP contribution in [0.25, 0.3) is 21.8 Å². The Hall–Kier alpha value is -2.58. The van der Waals surface area contributed by atoms with Crippen LogP contribution in [0.15, 0.2) is 36.4 Å². The van der Waals surface area contributed by atoms with E-state index >= 15 is 0 Å². The third-order valence-corrected chi connectivity index (χ3v) is 10.8. The van der Waals surface area contributed by atoms with Gasteiger partial charge in [-0.25, -0.2) is 0 Å². The van der Waals surface area contributed by atoms with Crippen molar-refractivity contribution in [3.05, 3.63) is 47.5 Å². The minimum atomic E-state index is -0.672. The number of aromatic nitrogens is 1. The molecule has 0 amide bonds. The van der Waals surface area contributed by atoms with Gasteiger partial charge in [0.25, 0.3) is 0 Å². The highest BCUT2D eigenvalue weighted by Gasteiger charge is 2.40. The number of unbranched alkanes of at least 4 members (excludes halogenated alkanes) is 9. The lowest BCUT2D eigenvalue weighted by Crippen LogP contribution is -2.49. The first-order valence-electron chi connectivity index (χ1n) is 18.5. The lowest BCUT2D eigenvalue weighted by atomic mass is 9.78. The van der Waals surface area contributed by atoms with Gasteiger partial charge in [-0.1, -0.05) is 64.7 Å². The summed E-state index contributed by atoms with van der Waals surface area (Å²) in [4.78, 5) is 28.0. The van der Waals surface area contributed by atoms with Crippen molar-refractivity contribution in [2.75, 3.05) is 39.4 Å². The third-order valence-electron chi connectivity index (χ3n) is 10.8. The molecule has 5 rings (SSSR count). The summed E-state index contributed by atoms with van der Waals surface area (Å²) >= 11 is 0. The number of morpholine rings is 2. The van der Waals surface area contributed by atoms with Gasteiger partial charge in [0.05, 0.1) is 36.3 Å². The highest BCUT2D eigenvalue weighted by Crippen LogP contribution is 2.36. The van der Waals surface area contributed by atoms with E-state index in [0.29, 0.717) is 37.4 Å². The van der Waals surface area contributed by atoms with Crippen LogP contribution in [0.2, 0.25) is 0 Å². The Morgan fingerprint density at radius 1 is 0.681 bits per heavy atom. The molecule has 7 nitrogen and oxygen atoms in total. The molecular weight excluding hydrogens is 586 g/mol. The van der Waals surface area contributed by atoms with E-state index in [0.717, 1.165) is 47.9 Å². The van der Waals surface area contributed by atoms with Crippen molar-refractivity contribution in [2.24, 2.45) is 10.8 Å². The van der Waals surface area contributed by atoms with Crippen molar-refractivity contribution in [1.29, 1.82) is 0 Å². The molecule has 7 heteroatoms. The number of ether oxygens (including phenoxy) is 2. The van der Waals surface area contributed by atoms with Gasteiger partial charge in [0, 0.05) is 65.7 Å². The van der Waals surface area contributed by atoms with Crippen LogP contribution in [0, 0.1) is 10.8 Å². The predicted octanol–water partition coefficient (Wildman–Crippen LogP) is 8.11. The first-order chi connectivity index (χ1) is 22.7. The van der Waals surface area contributed by atoms with Gasteiger partial charge in [0.2, 0.25) is 0 Å². The number of nitrogens with one attached hydrogen (secondary N) is 2. The van der Waals surface area contributed by atoms with Crippen molar-refractivity contribution >= 4 is 33.4 Å².